The normalized spacial score (nSPS) is 11.1. The molecule has 108 valence electrons. The third kappa shape index (κ3) is 3.25. The number of amides is 1. The quantitative estimate of drug-likeness (QED) is 0.744. The molecule has 21 heavy (non-hydrogen) atoms. The number of hydrogen-bond acceptors (Lipinski definition) is 3. The van der Waals surface area contributed by atoms with Gasteiger partial charge in [-0.25, -0.2) is 0 Å². The van der Waals surface area contributed by atoms with E-state index in [0.29, 0.717) is 11.1 Å². The highest BCUT2D eigenvalue weighted by atomic mass is 31.2. The van der Waals surface area contributed by atoms with Crippen LogP contribution in [0.2, 0.25) is 0 Å². The summed E-state index contributed by atoms with van der Waals surface area (Å²) < 4.78 is 11.2. The highest BCUT2D eigenvalue weighted by Gasteiger charge is 2.29. The Hall–Kier alpha value is -2.27. The van der Waals surface area contributed by atoms with Crippen LogP contribution in [0.3, 0.4) is 0 Å². The zero-order valence-electron chi connectivity index (χ0n) is 10.8. The molecule has 1 amide bonds. The number of nitrogens with two attached hydrogens (primary N) is 1. The van der Waals surface area contributed by atoms with Crippen LogP contribution in [0, 0.1) is 0 Å². The van der Waals surface area contributed by atoms with Crippen molar-refractivity contribution in [2.24, 2.45) is 5.73 Å². The third-order valence-electron chi connectivity index (χ3n) is 2.88. The van der Waals surface area contributed by atoms with E-state index in [1.807, 2.05) is 0 Å². The molecule has 0 atom stereocenters. The first kappa shape index (κ1) is 15.1. The van der Waals surface area contributed by atoms with E-state index in [4.69, 9.17) is 15.5 Å². The Labute approximate surface area is 120 Å². The number of primary amides is 1. The zero-order chi connectivity index (χ0) is 15.6. The van der Waals surface area contributed by atoms with Crippen molar-refractivity contribution >= 4 is 19.0 Å². The first-order chi connectivity index (χ1) is 9.80. The maximum atomic E-state index is 11.8. The minimum Gasteiger partial charge on any atom is -0.366 e. The fourth-order valence-electron chi connectivity index (χ4n) is 1.92. The van der Waals surface area contributed by atoms with Gasteiger partial charge < -0.3 is 15.5 Å². The molecule has 0 aliphatic heterocycles. The summed E-state index contributed by atoms with van der Waals surface area (Å²) in [7, 11) is -4.89. The number of rotatable bonds is 4. The van der Waals surface area contributed by atoms with E-state index in [0.717, 1.165) is 0 Å². The molecule has 0 aliphatic carbocycles. The van der Waals surface area contributed by atoms with Gasteiger partial charge in [0.2, 0.25) is 5.91 Å². The Morgan fingerprint density at radius 3 is 2.29 bits per heavy atom. The van der Waals surface area contributed by atoms with Gasteiger partial charge in [-0.2, -0.15) is 0 Å². The summed E-state index contributed by atoms with van der Waals surface area (Å²) in [5.41, 5.74) is 4.88. The second kappa shape index (κ2) is 5.61. The van der Waals surface area contributed by atoms with E-state index in [1.165, 1.54) is 24.3 Å². The summed E-state index contributed by atoms with van der Waals surface area (Å²) in [4.78, 5) is 41.1. The molecule has 0 spiro atoms. The van der Waals surface area contributed by atoms with Gasteiger partial charge in [-0.1, -0.05) is 36.4 Å². The molecule has 0 aliphatic rings. The summed E-state index contributed by atoms with van der Waals surface area (Å²) in [5, 5.41) is 0. The topological polar surface area (TPSA) is 118 Å². The lowest BCUT2D eigenvalue weighted by Crippen LogP contribution is -2.10. The SMILES string of the molecule is NC(=O)c1cccc(-c2ccccc2C(=O)P(=O)(O)O)c1. The van der Waals surface area contributed by atoms with Crippen LogP contribution < -0.4 is 5.73 Å². The monoisotopic (exact) mass is 305 g/mol. The number of benzene rings is 2. The van der Waals surface area contributed by atoms with Crippen molar-refractivity contribution in [3.05, 3.63) is 59.7 Å². The minimum absolute atomic E-state index is 0.104. The predicted octanol–water partition coefficient (Wildman–Crippen LogP) is 1.77. The Kier molecular flexibility index (Phi) is 4.04. The van der Waals surface area contributed by atoms with Crippen LogP contribution in [-0.2, 0) is 4.57 Å². The van der Waals surface area contributed by atoms with Crippen molar-refractivity contribution in [3.8, 4) is 11.1 Å². The highest BCUT2D eigenvalue weighted by molar-refractivity contribution is 7.70. The van der Waals surface area contributed by atoms with E-state index in [9.17, 15) is 14.2 Å². The van der Waals surface area contributed by atoms with Gasteiger partial charge in [0.25, 0.3) is 5.52 Å². The molecule has 0 heterocycles. The van der Waals surface area contributed by atoms with Crippen molar-refractivity contribution < 1.29 is 23.9 Å². The average Bonchev–Trinajstić information content (AvgIpc) is 2.45. The van der Waals surface area contributed by atoms with Crippen LogP contribution in [0.4, 0.5) is 0 Å². The van der Waals surface area contributed by atoms with Crippen molar-refractivity contribution in [2.75, 3.05) is 0 Å². The molecule has 4 N–H and O–H groups in total. The molecule has 0 unspecified atom stereocenters. The van der Waals surface area contributed by atoms with Gasteiger partial charge in [0.1, 0.15) is 0 Å². The Morgan fingerprint density at radius 1 is 1.00 bits per heavy atom. The number of carbonyl (C=O) groups excluding carboxylic acids is 2. The van der Waals surface area contributed by atoms with Gasteiger partial charge >= 0.3 is 7.60 Å². The van der Waals surface area contributed by atoms with Crippen LogP contribution in [0.15, 0.2) is 48.5 Å². The van der Waals surface area contributed by atoms with Crippen molar-refractivity contribution in [1.29, 1.82) is 0 Å². The van der Waals surface area contributed by atoms with Crippen LogP contribution in [0.25, 0.3) is 11.1 Å². The minimum atomic E-state index is -4.89. The van der Waals surface area contributed by atoms with Gasteiger partial charge in [0.15, 0.2) is 0 Å². The van der Waals surface area contributed by atoms with E-state index in [1.54, 1.807) is 24.3 Å². The highest BCUT2D eigenvalue weighted by Crippen LogP contribution is 2.41. The van der Waals surface area contributed by atoms with Crippen LogP contribution in [-0.4, -0.2) is 21.2 Å². The molecule has 2 rings (SSSR count). The lowest BCUT2D eigenvalue weighted by Gasteiger charge is -2.10. The zero-order valence-corrected chi connectivity index (χ0v) is 11.7. The van der Waals surface area contributed by atoms with Gasteiger partial charge in [0, 0.05) is 11.1 Å². The average molecular weight is 305 g/mol. The fraction of sp³-hybridized carbons (Fsp3) is 0. The summed E-state index contributed by atoms with van der Waals surface area (Å²) >= 11 is 0. The lowest BCUT2D eigenvalue weighted by molar-refractivity contribution is 0.0999. The summed E-state index contributed by atoms with van der Waals surface area (Å²) in [6.45, 7) is 0. The second-order valence-corrected chi connectivity index (χ2v) is 5.83. The van der Waals surface area contributed by atoms with E-state index in [-0.39, 0.29) is 11.1 Å². The smallest absolute Gasteiger partial charge is 0.366 e. The lowest BCUT2D eigenvalue weighted by atomic mass is 9.98. The Bertz CT molecular complexity index is 765. The molecule has 2 aromatic rings. The first-order valence-electron chi connectivity index (χ1n) is 5.90. The molecule has 0 bridgehead atoms. The van der Waals surface area contributed by atoms with Crippen LogP contribution >= 0.6 is 7.60 Å². The molecule has 0 radical (unpaired) electrons. The molecule has 0 fully saturated rings. The standard InChI is InChI=1S/C14H12NO5P/c15-13(16)10-5-3-4-9(8-10)11-6-1-2-7-12(11)14(17)21(18,19)20/h1-8H,(H2,15,16)(H2,18,19,20). The molecule has 0 saturated heterocycles. The molecular weight excluding hydrogens is 293 g/mol. The van der Waals surface area contributed by atoms with Gasteiger partial charge in [-0.15, -0.1) is 0 Å². The van der Waals surface area contributed by atoms with Crippen LogP contribution in [0.1, 0.15) is 20.7 Å². The molecule has 0 saturated carbocycles. The maximum absolute atomic E-state index is 11.8. The van der Waals surface area contributed by atoms with Gasteiger partial charge in [-0.3, -0.25) is 14.2 Å². The summed E-state index contributed by atoms with van der Waals surface area (Å²) in [5.74, 6) is -0.629. The second-order valence-electron chi connectivity index (χ2n) is 4.34. The molecular formula is C14H12NO5P. The third-order valence-corrected chi connectivity index (χ3v) is 3.65. The molecule has 7 heteroatoms. The Morgan fingerprint density at radius 2 is 1.67 bits per heavy atom. The predicted molar refractivity (Wildman–Crippen MR) is 76.8 cm³/mol. The van der Waals surface area contributed by atoms with Crippen molar-refractivity contribution in [3.63, 3.8) is 0 Å². The van der Waals surface area contributed by atoms with Gasteiger partial charge in [0.05, 0.1) is 0 Å². The number of hydrogen-bond donors (Lipinski definition) is 3. The van der Waals surface area contributed by atoms with Gasteiger partial charge in [-0.05, 0) is 23.3 Å². The Balaban J connectivity index is 2.61. The molecule has 0 aromatic heterocycles. The largest absolute Gasteiger partial charge is 0.396 e. The summed E-state index contributed by atoms with van der Waals surface area (Å²) in [6, 6.07) is 12.2. The summed E-state index contributed by atoms with van der Waals surface area (Å²) in [6.07, 6.45) is 0. The molecule has 6 nitrogen and oxygen atoms in total. The fourth-order valence-corrected chi connectivity index (χ4v) is 2.43. The van der Waals surface area contributed by atoms with E-state index >= 15 is 0 Å². The van der Waals surface area contributed by atoms with E-state index < -0.39 is 19.0 Å². The van der Waals surface area contributed by atoms with Crippen molar-refractivity contribution in [1.82, 2.24) is 0 Å². The van der Waals surface area contributed by atoms with Crippen LogP contribution in [0.5, 0.6) is 0 Å². The van der Waals surface area contributed by atoms with E-state index in [2.05, 4.69) is 0 Å². The molecule has 2 aromatic carbocycles. The maximum Gasteiger partial charge on any atom is 0.396 e. The van der Waals surface area contributed by atoms with Crippen molar-refractivity contribution in [2.45, 2.75) is 0 Å². The first-order valence-corrected chi connectivity index (χ1v) is 7.51. The number of carbonyl (C=O) groups is 2.